The van der Waals surface area contributed by atoms with E-state index in [0.717, 1.165) is 44.9 Å². The van der Waals surface area contributed by atoms with Crippen molar-refractivity contribution in [3.05, 3.63) is 105 Å². The molecule has 3 aromatic carbocycles. The van der Waals surface area contributed by atoms with Crippen molar-refractivity contribution < 1.29 is 4.74 Å². The standard InChI is InChI=1S/C29H24N4O2S/c1-18(2)35-25-14-13-20(15-19(25)3)27-21(17-32(31-27)22-9-5-4-6-10-22)16-26-28(34)33-24-12-8-7-11-23(24)30-29(33)36-26/h4-18H,1-3H3/b26-16-. The first-order chi connectivity index (χ1) is 17.5. The predicted molar refractivity (Wildman–Crippen MR) is 145 cm³/mol. The zero-order chi connectivity index (χ0) is 24.8. The average molecular weight is 493 g/mol. The molecule has 178 valence electrons. The van der Waals surface area contributed by atoms with Gasteiger partial charge in [-0.25, -0.2) is 14.1 Å². The van der Waals surface area contributed by atoms with Crippen molar-refractivity contribution in [1.82, 2.24) is 19.2 Å². The molecule has 3 heterocycles. The highest BCUT2D eigenvalue weighted by atomic mass is 32.1. The maximum atomic E-state index is 13.4. The van der Waals surface area contributed by atoms with E-state index < -0.39 is 0 Å². The highest BCUT2D eigenvalue weighted by molar-refractivity contribution is 7.15. The van der Waals surface area contributed by atoms with Crippen LogP contribution >= 0.6 is 11.3 Å². The van der Waals surface area contributed by atoms with E-state index >= 15 is 0 Å². The van der Waals surface area contributed by atoms with Gasteiger partial charge in [0, 0.05) is 17.3 Å². The summed E-state index contributed by atoms with van der Waals surface area (Å²) in [6.45, 7) is 6.07. The van der Waals surface area contributed by atoms with Crippen molar-refractivity contribution in [1.29, 1.82) is 0 Å². The number of thiazole rings is 1. The number of para-hydroxylation sites is 3. The Labute approximate surface area is 211 Å². The average Bonchev–Trinajstić information content (AvgIpc) is 3.54. The molecule has 7 heteroatoms. The smallest absolute Gasteiger partial charge is 0.274 e. The Hall–Kier alpha value is -4.23. The molecule has 0 saturated carbocycles. The van der Waals surface area contributed by atoms with Gasteiger partial charge in [0.05, 0.1) is 27.4 Å². The third-order valence-electron chi connectivity index (χ3n) is 6.01. The first kappa shape index (κ1) is 22.2. The van der Waals surface area contributed by atoms with E-state index in [9.17, 15) is 4.79 Å². The van der Waals surface area contributed by atoms with Crippen LogP contribution in [0.15, 0.2) is 83.8 Å². The first-order valence-corrected chi connectivity index (χ1v) is 12.6. The largest absolute Gasteiger partial charge is 0.491 e. The second-order valence-corrected chi connectivity index (χ2v) is 10.0. The number of fused-ring (bicyclic) bond motifs is 3. The Kier molecular flexibility index (Phi) is 5.42. The fourth-order valence-electron chi connectivity index (χ4n) is 4.37. The number of ether oxygens (including phenoxy) is 1. The van der Waals surface area contributed by atoms with Crippen LogP contribution in [0.4, 0.5) is 0 Å². The zero-order valence-corrected chi connectivity index (χ0v) is 21.0. The summed E-state index contributed by atoms with van der Waals surface area (Å²) < 4.78 is 10.1. The fourth-order valence-corrected chi connectivity index (χ4v) is 5.34. The SMILES string of the molecule is Cc1cc(-c2nn(-c3ccccc3)cc2/C=c2\sc3nc4ccccc4n3c2=O)ccc1OC(C)C. The molecule has 0 bridgehead atoms. The van der Waals surface area contributed by atoms with Gasteiger partial charge in [-0.1, -0.05) is 41.7 Å². The molecule has 6 rings (SSSR count). The Morgan fingerprint density at radius 2 is 1.78 bits per heavy atom. The number of benzene rings is 3. The number of nitrogens with zero attached hydrogens (tertiary/aromatic N) is 4. The zero-order valence-electron chi connectivity index (χ0n) is 20.2. The third-order valence-corrected chi connectivity index (χ3v) is 6.97. The minimum atomic E-state index is -0.0704. The summed E-state index contributed by atoms with van der Waals surface area (Å²) >= 11 is 1.39. The van der Waals surface area contributed by atoms with Crippen molar-refractivity contribution in [2.45, 2.75) is 26.9 Å². The normalized spacial score (nSPS) is 12.3. The van der Waals surface area contributed by atoms with E-state index in [0.29, 0.717) is 9.49 Å². The highest BCUT2D eigenvalue weighted by Crippen LogP contribution is 2.29. The maximum absolute atomic E-state index is 13.4. The summed E-state index contributed by atoms with van der Waals surface area (Å²) in [5, 5.41) is 4.92. The van der Waals surface area contributed by atoms with Gasteiger partial charge in [0.1, 0.15) is 11.4 Å². The van der Waals surface area contributed by atoms with Gasteiger partial charge in [0.2, 0.25) is 0 Å². The van der Waals surface area contributed by atoms with Gasteiger partial charge in [0.25, 0.3) is 5.56 Å². The van der Waals surface area contributed by atoms with Gasteiger partial charge in [0.15, 0.2) is 4.96 Å². The van der Waals surface area contributed by atoms with Crippen LogP contribution < -0.4 is 14.8 Å². The van der Waals surface area contributed by atoms with E-state index in [1.807, 2.05) is 104 Å². The van der Waals surface area contributed by atoms with E-state index in [2.05, 4.69) is 11.1 Å². The maximum Gasteiger partial charge on any atom is 0.274 e. The summed E-state index contributed by atoms with van der Waals surface area (Å²) in [6.07, 6.45) is 3.99. The first-order valence-electron chi connectivity index (χ1n) is 11.8. The van der Waals surface area contributed by atoms with E-state index in [1.165, 1.54) is 11.3 Å². The summed E-state index contributed by atoms with van der Waals surface area (Å²) in [5.74, 6) is 0.856. The third kappa shape index (κ3) is 3.87. The summed E-state index contributed by atoms with van der Waals surface area (Å²) in [4.78, 5) is 18.7. The minimum Gasteiger partial charge on any atom is -0.491 e. The number of aromatic nitrogens is 4. The molecule has 0 atom stereocenters. The van der Waals surface area contributed by atoms with E-state index in [-0.39, 0.29) is 11.7 Å². The van der Waals surface area contributed by atoms with Crippen LogP contribution in [0.1, 0.15) is 25.0 Å². The molecule has 6 aromatic rings. The lowest BCUT2D eigenvalue weighted by atomic mass is 10.0. The molecule has 36 heavy (non-hydrogen) atoms. The van der Waals surface area contributed by atoms with Gasteiger partial charge >= 0.3 is 0 Å². The molecular weight excluding hydrogens is 468 g/mol. The van der Waals surface area contributed by atoms with Crippen molar-refractivity contribution >= 4 is 33.4 Å². The number of hydrogen-bond donors (Lipinski definition) is 0. The molecule has 0 unspecified atom stereocenters. The van der Waals surface area contributed by atoms with E-state index in [4.69, 9.17) is 9.84 Å². The van der Waals surface area contributed by atoms with Crippen LogP contribution in [0, 0.1) is 6.92 Å². The molecule has 3 aromatic heterocycles. The topological polar surface area (TPSA) is 61.4 Å². The number of imidazole rings is 1. The molecule has 6 nitrogen and oxygen atoms in total. The Balaban J connectivity index is 1.54. The Bertz CT molecular complexity index is 1830. The van der Waals surface area contributed by atoms with Crippen LogP contribution in [-0.2, 0) is 0 Å². The molecule has 0 aliphatic heterocycles. The molecule has 0 radical (unpaired) electrons. The molecule has 0 aliphatic carbocycles. The van der Waals surface area contributed by atoms with Gasteiger partial charge in [-0.05, 0) is 74.9 Å². The van der Waals surface area contributed by atoms with Crippen LogP contribution in [0.25, 0.3) is 39.0 Å². The number of rotatable bonds is 5. The van der Waals surface area contributed by atoms with Gasteiger partial charge in [-0.2, -0.15) is 5.10 Å². The molecule has 0 aliphatic rings. The monoisotopic (exact) mass is 492 g/mol. The lowest BCUT2D eigenvalue weighted by Gasteiger charge is -2.13. The lowest BCUT2D eigenvalue weighted by molar-refractivity contribution is 0.241. The van der Waals surface area contributed by atoms with Crippen LogP contribution in [-0.4, -0.2) is 25.3 Å². The van der Waals surface area contributed by atoms with Crippen molar-refractivity contribution in [2.75, 3.05) is 0 Å². The van der Waals surface area contributed by atoms with Crippen LogP contribution in [0.3, 0.4) is 0 Å². The minimum absolute atomic E-state index is 0.0704. The highest BCUT2D eigenvalue weighted by Gasteiger charge is 2.15. The number of aryl methyl sites for hydroxylation is 1. The lowest BCUT2D eigenvalue weighted by Crippen LogP contribution is -2.22. The second-order valence-electron chi connectivity index (χ2n) is 8.99. The Morgan fingerprint density at radius 1 is 1.00 bits per heavy atom. The van der Waals surface area contributed by atoms with Crippen LogP contribution in [0.2, 0.25) is 0 Å². The molecule has 0 N–H and O–H groups in total. The van der Waals surface area contributed by atoms with Gasteiger partial charge in [-0.3, -0.25) is 4.79 Å². The summed E-state index contributed by atoms with van der Waals surface area (Å²) in [7, 11) is 0. The molecule has 0 fully saturated rings. The Morgan fingerprint density at radius 3 is 2.56 bits per heavy atom. The molecule has 0 saturated heterocycles. The summed E-state index contributed by atoms with van der Waals surface area (Å²) in [6, 6.07) is 23.8. The number of hydrogen-bond acceptors (Lipinski definition) is 5. The summed E-state index contributed by atoms with van der Waals surface area (Å²) in [5.41, 5.74) is 6.18. The van der Waals surface area contributed by atoms with Crippen LogP contribution in [0.5, 0.6) is 5.75 Å². The molecular formula is C29H24N4O2S. The second kappa shape index (κ2) is 8.77. The quantitative estimate of drug-likeness (QED) is 0.323. The molecule has 0 amide bonds. The fraction of sp³-hybridized carbons (Fsp3) is 0.138. The van der Waals surface area contributed by atoms with Crippen molar-refractivity contribution in [3.8, 4) is 22.7 Å². The van der Waals surface area contributed by atoms with E-state index in [1.54, 1.807) is 4.40 Å². The van der Waals surface area contributed by atoms with Gasteiger partial charge in [-0.15, -0.1) is 0 Å². The van der Waals surface area contributed by atoms with Crippen molar-refractivity contribution in [3.63, 3.8) is 0 Å². The molecule has 0 spiro atoms. The van der Waals surface area contributed by atoms with Gasteiger partial charge < -0.3 is 4.74 Å². The predicted octanol–water partition coefficient (Wildman–Crippen LogP) is 5.41. The van der Waals surface area contributed by atoms with Crippen molar-refractivity contribution in [2.24, 2.45) is 0 Å².